The molecule has 0 amide bonds. The van der Waals surface area contributed by atoms with Crippen molar-refractivity contribution in [3.8, 4) is 16.9 Å². The highest BCUT2D eigenvalue weighted by molar-refractivity contribution is 5.89. The Labute approximate surface area is 156 Å². The third kappa shape index (κ3) is 3.93. The van der Waals surface area contributed by atoms with Crippen molar-refractivity contribution in [1.82, 2.24) is 9.78 Å². The van der Waals surface area contributed by atoms with Crippen molar-refractivity contribution >= 4 is 11.9 Å². The van der Waals surface area contributed by atoms with Crippen molar-refractivity contribution in [3.63, 3.8) is 0 Å². The number of hydrazone groups is 1. The summed E-state index contributed by atoms with van der Waals surface area (Å²) in [7, 11) is 0. The first-order chi connectivity index (χ1) is 13.3. The van der Waals surface area contributed by atoms with Gasteiger partial charge in [0, 0.05) is 17.3 Å². The first kappa shape index (κ1) is 16.7. The Kier molecular flexibility index (Phi) is 4.74. The predicted molar refractivity (Wildman–Crippen MR) is 107 cm³/mol. The van der Waals surface area contributed by atoms with Gasteiger partial charge in [0.05, 0.1) is 17.6 Å². The predicted octanol–water partition coefficient (Wildman–Crippen LogP) is 5.12. The van der Waals surface area contributed by atoms with E-state index in [0.717, 1.165) is 28.2 Å². The monoisotopic (exact) mass is 356 g/mol. The van der Waals surface area contributed by atoms with Crippen molar-refractivity contribution in [2.45, 2.75) is 0 Å². The number of nitrogens with zero attached hydrogens (tertiary/aromatic N) is 3. The van der Waals surface area contributed by atoms with Crippen LogP contribution in [0.2, 0.25) is 0 Å². The Morgan fingerprint density at radius 1 is 0.852 bits per heavy atom. The van der Waals surface area contributed by atoms with E-state index in [1.807, 2.05) is 66.9 Å². The summed E-state index contributed by atoms with van der Waals surface area (Å²) in [6.45, 7) is 0. The van der Waals surface area contributed by atoms with Crippen LogP contribution >= 0.6 is 0 Å². The lowest BCUT2D eigenvalue weighted by Crippen LogP contribution is -1.94. The molecule has 132 valence electrons. The molecule has 1 N–H and O–H groups in total. The largest absolute Gasteiger partial charge is 0.279 e. The molecule has 0 radical (unpaired) electrons. The van der Waals surface area contributed by atoms with Crippen molar-refractivity contribution in [2.75, 3.05) is 5.43 Å². The minimum atomic E-state index is -0.276. The molecule has 0 saturated heterocycles. The zero-order chi connectivity index (χ0) is 18.5. The standard InChI is InChI=1S/C22H17FN4/c23-19-13-11-17(12-14-19)22-18(15-24-25-20-7-3-1-4-8-20)16-27(26-22)21-9-5-2-6-10-21/h1-16,25H/b24-15+. The number of para-hydroxylation sites is 2. The molecule has 3 aromatic carbocycles. The zero-order valence-corrected chi connectivity index (χ0v) is 14.5. The van der Waals surface area contributed by atoms with Crippen LogP contribution in [0, 0.1) is 5.82 Å². The molecule has 0 fully saturated rings. The lowest BCUT2D eigenvalue weighted by Gasteiger charge is -2.00. The quantitative estimate of drug-likeness (QED) is 0.398. The van der Waals surface area contributed by atoms with Gasteiger partial charge in [0.2, 0.25) is 0 Å². The second-order valence-electron chi connectivity index (χ2n) is 5.96. The van der Waals surface area contributed by atoms with Crippen molar-refractivity contribution in [3.05, 3.63) is 103 Å². The zero-order valence-electron chi connectivity index (χ0n) is 14.5. The Morgan fingerprint density at radius 2 is 1.52 bits per heavy atom. The van der Waals surface area contributed by atoms with E-state index in [4.69, 9.17) is 0 Å². The third-order valence-corrected chi connectivity index (χ3v) is 4.05. The van der Waals surface area contributed by atoms with Gasteiger partial charge < -0.3 is 0 Å². The second kappa shape index (κ2) is 7.66. The maximum Gasteiger partial charge on any atom is 0.123 e. The van der Waals surface area contributed by atoms with Gasteiger partial charge in [0.15, 0.2) is 0 Å². The lowest BCUT2D eigenvalue weighted by atomic mass is 10.1. The molecule has 0 atom stereocenters. The molecule has 5 heteroatoms. The molecule has 0 saturated carbocycles. The van der Waals surface area contributed by atoms with Crippen molar-refractivity contribution in [1.29, 1.82) is 0 Å². The van der Waals surface area contributed by atoms with Crippen LogP contribution in [-0.2, 0) is 0 Å². The molecule has 0 spiro atoms. The van der Waals surface area contributed by atoms with Gasteiger partial charge in [-0.1, -0.05) is 36.4 Å². The number of benzene rings is 3. The summed E-state index contributed by atoms with van der Waals surface area (Å²) < 4.78 is 15.1. The van der Waals surface area contributed by atoms with Gasteiger partial charge in [-0.05, 0) is 48.5 Å². The lowest BCUT2D eigenvalue weighted by molar-refractivity contribution is 0.628. The van der Waals surface area contributed by atoms with Crippen LogP contribution in [0.4, 0.5) is 10.1 Å². The summed E-state index contributed by atoms with van der Waals surface area (Å²) in [4.78, 5) is 0. The molecule has 0 aliphatic heterocycles. The first-order valence-corrected chi connectivity index (χ1v) is 8.55. The van der Waals surface area contributed by atoms with E-state index in [9.17, 15) is 4.39 Å². The number of halogens is 1. The van der Waals surface area contributed by atoms with E-state index in [2.05, 4.69) is 15.6 Å². The van der Waals surface area contributed by atoms with Crippen LogP contribution in [0.5, 0.6) is 0 Å². The van der Waals surface area contributed by atoms with Crippen molar-refractivity contribution < 1.29 is 4.39 Å². The normalized spacial score (nSPS) is 11.0. The molecule has 1 aromatic heterocycles. The van der Waals surface area contributed by atoms with E-state index >= 15 is 0 Å². The number of hydrogen-bond acceptors (Lipinski definition) is 3. The van der Waals surface area contributed by atoms with Crippen molar-refractivity contribution in [2.24, 2.45) is 5.10 Å². The fourth-order valence-corrected chi connectivity index (χ4v) is 2.72. The first-order valence-electron chi connectivity index (χ1n) is 8.55. The SMILES string of the molecule is Fc1ccc(-c2nn(-c3ccccc3)cc2/C=N/Nc2ccccc2)cc1. The Hall–Kier alpha value is -3.73. The summed E-state index contributed by atoms with van der Waals surface area (Å²) in [6, 6.07) is 25.8. The maximum atomic E-state index is 13.3. The van der Waals surface area contributed by atoms with Gasteiger partial charge in [0.25, 0.3) is 0 Å². The topological polar surface area (TPSA) is 42.2 Å². The maximum absolute atomic E-state index is 13.3. The van der Waals surface area contributed by atoms with E-state index in [-0.39, 0.29) is 5.82 Å². The van der Waals surface area contributed by atoms with E-state index in [1.54, 1.807) is 23.0 Å². The average Bonchev–Trinajstić information content (AvgIpc) is 3.14. The summed E-state index contributed by atoms with van der Waals surface area (Å²) in [6.07, 6.45) is 3.63. The minimum Gasteiger partial charge on any atom is -0.279 e. The number of rotatable bonds is 5. The summed E-state index contributed by atoms with van der Waals surface area (Å²) >= 11 is 0. The number of anilines is 1. The van der Waals surface area contributed by atoms with Gasteiger partial charge in [0.1, 0.15) is 11.5 Å². The number of aromatic nitrogens is 2. The molecule has 1 heterocycles. The molecular weight excluding hydrogens is 339 g/mol. The Bertz CT molecular complexity index is 1040. The fraction of sp³-hybridized carbons (Fsp3) is 0. The van der Waals surface area contributed by atoms with Crippen LogP contribution in [-0.4, -0.2) is 16.0 Å². The highest BCUT2D eigenvalue weighted by atomic mass is 19.1. The van der Waals surface area contributed by atoms with Gasteiger partial charge in [-0.15, -0.1) is 0 Å². The van der Waals surface area contributed by atoms with Crippen LogP contribution in [0.3, 0.4) is 0 Å². The molecule has 0 unspecified atom stereocenters. The van der Waals surface area contributed by atoms with E-state index in [0.29, 0.717) is 0 Å². The summed E-state index contributed by atoms with van der Waals surface area (Å²) in [5.74, 6) is -0.276. The van der Waals surface area contributed by atoms with Crippen LogP contribution in [0.1, 0.15) is 5.56 Å². The van der Waals surface area contributed by atoms with Crippen LogP contribution < -0.4 is 5.43 Å². The van der Waals surface area contributed by atoms with E-state index in [1.165, 1.54) is 12.1 Å². The third-order valence-electron chi connectivity index (χ3n) is 4.05. The van der Waals surface area contributed by atoms with Crippen LogP contribution in [0.15, 0.2) is 96.2 Å². The van der Waals surface area contributed by atoms with Gasteiger partial charge in [-0.25, -0.2) is 9.07 Å². The molecule has 0 aliphatic rings. The minimum absolute atomic E-state index is 0.276. The van der Waals surface area contributed by atoms with Gasteiger partial charge >= 0.3 is 0 Å². The van der Waals surface area contributed by atoms with Gasteiger partial charge in [-0.2, -0.15) is 10.2 Å². The Morgan fingerprint density at radius 3 is 2.22 bits per heavy atom. The van der Waals surface area contributed by atoms with E-state index < -0.39 is 0 Å². The van der Waals surface area contributed by atoms with Gasteiger partial charge in [-0.3, -0.25) is 5.43 Å². The molecule has 27 heavy (non-hydrogen) atoms. The molecule has 0 bridgehead atoms. The second-order valence-corrected chi connectivity index (χ2v) is 5.96. The average molecular weight is 356 g/mol. The molecular formula is C22H17FN4. The fourth-order valence-electron chi connectivity index (χ4n) is 2.72. The molecule has 4 rings (SSSR count). The number of nitrogens with one attached hydrogen (secondary N) is 1. The summed E-state index contributed by atoms with van der Waals surface area (Å²) in [5, 5.41) is 9.00. The molecule has 4 aromatic rings. The Balaban J connectivity index is 1.69. The molecule has 4 nitrogen and oxygen atoms in total. The molecule has 0 aliphatic carbocycles. The number of hydrogen-bond donors (Lipinski definition) is 1. The highest BCUT2D eigenvalue weighted by Gasteiger charge is 2.11. The summed E-state index contributed by atoms with van der Waals surface area (Å²) in [5.41, 5.74) is 7.23. The smallest absolute Gasteiger partial charge is 0.123 e. The highest BCUT2D eigenvalue weighted by Crippen LogP contribution is 2.23. The van der Waals surface area contributed by atoms with Crippen LogP contribution in [0.25, 0.3) is 16.9 Å².